The maximum Gasteiger partial charge on any atom is 0.224 e. The lowest BCUT2D eigenvalue weighted by Gasteiger charge is -2.22. The van der Waals surface area contributed by atoms with Crippen LogP contribution in [0.25, 0.3) is 0 Å². The largest absolute Gasteiger partial charge is 0.378 e. The number of hydrogen-bond acceptors (Lipinski definition) is 2. The molecule has 1 fully saturated rings. The zero-order valence-corrected chi connectivity index (χ0v) is 12.2. The van der Waals surface area contributed by atoms with Crippen LogP contribution in [0.4, 0.5) is 10.1 Å². The van der Waals surface area contributed by atoms with Gasteiger partial charge >= 0.3 is 0 Å². The van der Waals surface area contributed by atoms with Crippen LogP contribution >= 0.6 is 15.9 Å². The quantitative estimate of drug-likeness (QED) is 0.910. The molecule has 0 aromatic heterocycles. The van der Waals surface area contributed by atoms with Crippen LogP contribution in [-0.2, 0) is 9.53 Å². The minimum Gasteiger partial charge on any atom is -0.378 e. The normalized spacial score (nSPS) is 19.2. The Balaban J connectivity index is 1.80. The summed E-state index contributed by atoms with van der Waals surface area (Å²) in [5.74, 6) is -0.401. The molecule has 5 heteroatoms. The molecule has 0 saturated carbocycles. The fraction of sp³-hybridized carbons (Fsp3) is 0.500. The van der Waals surface area contributed by atoms with Crippen molar-refractivity contribution < 1.29 is 13.9 Å². The Bertz CT molecular complexity index is 447. The molecular formula is C14H17BrFNO2. The van der Waals surface area contributed by atoms with Crippen LogP contribution in [0.1, 0.15) is 32.1 Å². The molecule has 0 spiro atoms. The lowest BCUT2D eigenvalue weighted by atomic mass is 10.0. The Labute approximate surface area is 120 Å². The molecule has 1 N–H and O–H groups in total. The van der Waals surface area contributed by atoms with Gasteiger partial charge < -0.3 is 10.1 Å². The second kappa shape index (κ2) is 7.01. The molecule has 19 heavy (non-hydrogen) atoms. The molecule has 1 amide bonds. The SMILES string of the molecule is O=C(CCC1CCCCO1)Nc1ccc(F)cc1Br. The summed E-state index contributed by atoms with van der Waals surface area (Å²) in [5.41, 5.74) is 0.593. The predicted molar refractivity (Wildman–Crippen MR) is 75.6 cm³/mol. The average molecular weight is 330 g/mol. The van der Waals surface area contributed by atoms with E-state index in [4.69, 9.17) is 4.74 Å². The van der Waals surface area contributed by atoms with Crippen LogP contribution in [-0.4, -0.2) is 18.6 Å². The number of amides is 1. The van der Waals surface area contributed by atoms with E-state index in [9.17, 15) is 9.18 Å². The van der Waals surface area contributed by atoms with Crippen LogP contribution < -0.4 is 5.32 Å². The van der Waals surface area contributed by atoms with Gasteiger partial charge in [-0.2, -0.15) is 0 Å². The first kappa shape index (κ1) is 14.5. The van der Waals surface area contributed by atoms with Crippen molar-refractivity contribution in [2.24, 2.45) is 0 Å². The molecule has 3 nitrogen and oxygen atoms in total. The highest BCUT2D eigenvalue weighted by atomic mass is 79.9. The first-order chi connectivity index (χ1) is 9.15. The van der Waals surface area contributed by atoms with E-state index in [1.807, 2.05) is 0 Å². The highest BCUT2D eigenvalue weighted by molar-refractivity contribution is 9.10. The van der Waals surface area contributed by atoms with Crippen LogP contribution in [0.2, 0.25) is 0 Å². The third kappa shape index (κ3) is 4.58. The predicted octanol–water partition coefficient (Wildman–Crippen LogP) is 3.88. The zero-order chi connectivity index (χ0) is 13.7. The number of halogens is 2. The van der Waals surface area contributed by atoms with Crippen molar-refractivity contribution in [3.63, 3.8) is 0 Å². The minimum absolute atomic E-state index is 0.0681. The second-order valence-electron chi connectivity index (χ2n) is 4.70. The molecule has 1 aliphatic rings. The number of hydrogen-bond donors (Lipinski definition) is 1. The first-order valence-electron chi connectivity index (χ1n) is 6.51. The van der Waals surface area contributed by atoms with E-state index in [0.29, 0.717) is 16.6 Å². The molecule has 1 heterocycles. The zero-order valence-electron chi connectivity index (χ0n) is 10.6. The molecule has 1 saturated heterocycles. The van der Waals surface area contributed by atoms with Gasteiger partial charge in [0.2, 0.25) is 5.91 Å². The minimum atomic E-state index is -0.333. The van der Waals surface area contributed by atoms with E-state index in [1.54, 1.807) is 6.07 Å². The van der Waals surface area contributed by atoms with Gasteiger partial charge in [0.1, 0.15) is 5.82 Å². The third-order valence-electron chi connectivity index (χ3n) is 3.17. The van der Waals surface area contributed by atoms with Crippen LogP contribution in [0, 0.1) is 5.82 Å². The molecular weight excluding hydrogens is 313 g/mol. The number of carbonyl (C=O) groups excluding carboxylic acids is 1. The number of nitrogens with one attached hydrogen (secondary N) is 1. The lowest BCUT2D eigenvalue weighted by Crippen LogP contribution is -2.21. The summed E-state index contributed by atoms with van der Waals surface area (Å²) in [4.78, 5) is 11.8. The molecule has 0 radical (unpaired) electrons. The molecule has 1 aromatic rings. The summed E-state index contributed by atoms with van der Waals surface area (Å²) >= 11 is 3.22. The monoisotopic (exact) mass is 329 g/mol. The van der Waals surface area contributed by atoms with Gasteiger partial charge in [-0.25, -0.2) is 4.39 Å². The van der Waals surface area contributed by atoms with Gasteiger partial charge in [-0.05, 0) is 59.8 Å². The smallest absolute Gasteiger partial charge is 0.224 e. The molecule has 1 aliphatic heterocycles. The van der Waals surface area contributed by atoms with Crippen molar-refractivity contribution in [1.29, 1.82) is 0 Å². The van der Waals surface area contributed by atoms with Gasteiger partial charge in [-0.3, -0.25) is 4.79 Å². The van der Waals surface area contributed by atoms with Gasteiger partial charge in [0.15, 0.2) is 0 Å². The van der Waals surface area contributed by atoms with E-state index in [-0.39, 0.29) is 17.8 Å². The third-order valence-corrected chi connectivity index (χ3v) is 3.83. The van der Waals surface area contributed by atoms with E-state index in [2.05, 4.69) is 21.2 Å². The second-order valence-corrected chi connectivity index (χ2v) is 5.55. The lowest BCUT2D eigenvalue weighted by molar-refractivity contribution is -0.117. The Hall–Kier alpha value is -0.940. The van der Waals surface area contributed by atoms with E-state index >= 15 is 0 Å². The summed E-state index contributed by atoms with van der Waals surface area (Å²) in [5, 5.41) is 2.77. The fourth-order valence-corrected chi connectivity index (χ4v) is 2.58. The van der Waals surface area contributed by atoms with Crippen molar-refractivity contribution >= 4 is 27.5 Å². The number of anilines is 1. The maximum atomic E-state index is 12.9. The van der Waals surface area contributed by atoms with Crippen LogP contribution in [0.5, 0.6) is 0 Å². The number of carbonyl (C=O) groups is 1. The van der Waals surface area contributed by atoms with Crippen molar-refractivity contribution in [2.75, 3.05) is 11.9 Å². The molecule has 0 bridgehead atoms. The van der Waals surface area contributed by atoms with Crippen LogP contribution in [0.3, 0.4) is 0 Å². The van der Waals surface area contributed by atoms with E-state index in [0.717, 1.165) is 25.9 Å². The van der Waals surface area contributed by atoms with Crippen molar-refractivity contribution in [3.05, 3.63) is 28.5 Å². The topological polar surface area (TPSA) is 38.3 Å². The van der Waals surface area contributed by atoms with E-state index in [1.165, 1.54) is 18.6 Å². The molecule has 1 unspecified atom stereocenters. The standard InChI is InChI=1S/C14H17BrFNO2/c15-12-9-10(16)4-6-13(12)17-14(18)7-5-11-3-1-2-8-19-11/h4,6,9,11H,1-3,5,7-8H2,(H,17,18). The number of ether oxygens (including phenoxy) is 1. The molecule has 2 rings (SSSR count). The fourth-order valence-electron chi connectivity index (χ4n) is 2.13. The van der Waals surface area contributed by atoms with Crippen molar-refractivity contribution in [1.82, 2.24) is 0 Å². The molecule has 0 aliphatic carbocycles. The first-order valence-corrected chi connectivity index (χ1v) is 7.31. The Morgan fingerprint density at radius 2 is 2.32 bits per heavy atom. The molecule has 104 valence electrons. The number of benzene rings is 1. The molecule has 1 atom stereocenters. The highest BCUT2D eigenvalue weighted by Crippen LogP contribution is 2.23. The van der Waals surface area contributed by atoms with Crippen LogP contribution in [0.15, 0.2) is 22.7 Å². The number of rotatable bonds is 4. The van der Waals surface area contributed by atoms with Gasteiger partial charge in [0, 0.05) is 17.5 Å². The maximum absolute atomic E-state index is 12.9. The Kier molecular flexibility index (Phi) is 5.34. The Morgan fingerprint density at radius 3 is 3.00 bits per heavy atom. The molecule has 1 aromatic carbocycles. The van der Waals surface area contributed by atoms with Crippen molar-refractivity contribution in [2.45, 2.75) is 38.2 Å². The summed E-state index contributed by atoms with van der Waals surface area (Å²) in [7, 11) is 0. The van der Waals surface area contributed by atoms with Crippen molar-refractivity contribution in [3.8, 4) is 0 Å². The van der Waals surface area contributed by atoms with Gasteiger partial charge in [0.05, 0.1) is 11.8 Å². The van der Waals surface area contributed by atoms with Gasteiger partial charge in [-0.1, -0.05) is 0 Å². The summed E-state index contributed by atoms with van der Waals surface area (Å²) in [6.45, 7) is 0.801. The Morgan fingerprint density at radius 1 is 1.47 bits per heavy atom. The van der Waals surface area contributed by atoms with Gasteiger partial charge in [0.25, 0.3) is 0 Å². The summed E-state index contributed by atoms with van der Waals surface area (Å²) in [6, 6.07) is 4.21. The summed E-state index contributed by atoms with van der Waals surface area (Å²) < 4.78 is 19.0. The average Bonchev–Trinajstić information content (AvgIpc) is 2.41. The highest BCUT2D eigenvalue weighted by Gasteiger charge is 2.15. The van der Waals surface area contributed by atoms with Gasteiger partial charge in [-0.15, -0.1) is 0 Å². The van der Waals surface area contributed by atoms with E-state index < -0.39 is 0 Å². The summed E-state index contributed by atoms with van der Waals surface area (Å²) in [6.07, 6.45) is 4.70.